The van der Waals surface area contributed by atoms with E-state index in [1.54, 1.807) is 128 Å². The Labute approximate surface area is 842 Å². The lowest BCUT2D eigenvalue weighted by atomic mass is 10.1. The normalized spacial score (nSPS) is 13.3. The molecule has 148 heavy (non-hydrogen) atoms. The molecule has 0 bridgehead atoms. The van der Waals surface area contributed by atoms with Crippen LogP contribution in [-0.2, 0) is 39.8 Å². The largest absolute Gasteiger partial charge is 0.378 e. The van der Waals surface area contributed by atoms with Crippen molar-refractivity contribution < 1.29 is 52.6 Å². The van der Waals surface area contributed by atoms with Crippen LogP contribution < -0.4 is 16.0 Å². The van der Waals surface area contributed by atoms with Gasteiger partial charge >= 0.3 is 0 Å². The number of carbonyl (C=O) groups excluding carboxylic acids is 8. The van der Waals surface area contributed by atoms with Crippen molar-refractivity contribution >= 4 is 152 Å². The highest BCUT2D eigenvalue weighted by Crippen LogP contribution is 2.38. The van der Waals surface area contributed by atoms with E-state index in [2.05, 4.69) is 117 Å². The van der Waals surface area contributed by atoms with E-state index in [1.807, 2.05) is 138 Å². The van der Waals surface area contributed by atoms with E-state index in [0.29, 0.717) is 235 Å². The molecule has 23 rings (SSSR count). The predicted octanol–water partition coefficient (Wildman–Crippen LogP) is 14.8. The summed E-state index contributed by atoms with van der Waals surface area (Å²) in [5, 5.41) is 41.2. The maximum atomic E-state index is 13.2. The van der Waals surface area contributed by atoms with Crippen LogP contribution in [0.15, 0.2) is 196 Å². The highest BCUT2D eigenvalue weighted by Gasteiger charge is 2.30. The number of anilines is 3. The van der Waals surface area contributed by atoms with Crippen molar-refractivity contribution in [1.82, 2.24) is 140 Å². The molecule has 4 aromatic carbocycles. The van der Waals surface area contributed by atoms with Gasteiger partial charge in [0.25, 0.3) is 23.6 Å². The lowest BCUT2D eigenvalue weighted by Crippen LogP contribution is -2.40. The van der Waals surface area contributed by atoms with Crippen molar-refractivity contribution in [2.45, 2.75) is 67.2 Å². The second kappa shape index (κ2) is 42.7. The highest BCUT2D eigenvalue weighted by molar-refractivity contribution is 6.10. The minimum absolute atomic E-state index is 0.0500. The third-order valence-corrected chi connectivity index (χ3v) is 25.3. The van der Waals surface area contributed by atoms with Gasteiger partial charge < -0.3 is 69.7 Å². The number of pyridine rings is 8. The number of nitrogens with zero attached hydrogens (tertiary/aromatic N) is 20. The maximum Gasteiger partial charge on any atom is 0.256 e. The molecule has 20 aromatic rings. The number of hydrogen-bond donors (Lipinski definition) is 11. The number of carbonyl (C=O) groups is 8. The molecule has 19 heterocycles. The molecular weight excluding hydrogens is 1880 g/mol. The number of nitrogens with one attached hydrogen (secondary N) is 11. The predicted molar refractivity (Wildman–Crippen MR) is 556 cm³/mol. The van der Waals surface area contributed by atoms with Gasteiger partial charge in [-0.05, 0) is 103 Å². The fourth-order valence-electron chi connectivity index (χ4n) is 17.4. The number of amides is 7. The number of hydrogen-bond acceptors (Lipinski definition) is 27. The molecule has 3 aliphatic rings. The van der Waals surface area contributed by atoms with Gasteiger partial charge in [-0.25, -0.2) is 39.9 Å². The number of ketones is 1. The lowest BCUT2D eigenvalue weighted by molar-refractivity contribution is -0.119. The van der Waals surface area contributed by atoms with Crippen LogP contribution in [0.1, 0.15) is 108 Å². The molecule has 0 unspecified atom stereocenters. The summed E-state index contributed by atoms with van der Waals surface area (Å²) in [6.07, 6.45) is 20.3. The Hall–Kier alpha value is -18.3. The number of imidazole rings is 4. The van der Waals surface area contributed by atoms with Crippen LogP contribution >= 0.6 is 0 Å². The van der Waals surface area contributed by atoms with E-state index in [0.717, 1.165) is 93.8 Å². The Bertz CT molecular complexity index is 8460. The molecule has 746 valence electrons. The number of H-pyrrole nitrogens is 8. The number of benzene rings is 4. The Morgan fingerprint density at radius 1 is 0.365 bits per heavy atom. The molecule has 42 heteroatoms. The van der Waals surface area contributed by atoms with Gasteiger partial charge in [-0.2, -0.15) is 20.4 Å². The van der Waals surface area contributed by atoms with Crippen molar-refractivity contribution in [3.8, 4) is 90.6 Å². The first-order valence-corrected chi connectivity index (χ1v) is 48.4. The molecule has 7 amide bonds. The van der Waals surface area contributed by atoms with Gasteiger partial charge in [0.05, 0.1) is 141 Å². The lowest BCUT2D eigenvalue weighted by Gasteiger charge is -2.26. The van der Waals surface area contributed by atoms with Gasteiger partial charge in [0.15, 0.2) is 45.9 Å². The molecule has 0 spiro atoms. The van der Waals surface area contributed by atoms with E-state index in [9.17, 15) is 38.4 Å². The first-order chi connectivity index (χ1) is 72.0. The third kappa shape index (κ3) is 20.8. The Morgan fingerprint density at radius 3 is 1.01 bits per heavy atom. The van der Waals surface area contributed by atoms with Crippen molar-refractivity contribution in [1.29, 1.82) is 0 Å². The zero-order valence-electron chi connectivity index (χ0n) is 81.9. The second-order valence-corrected chi connectivity index (χ2v) is 36.5. The number of ether oxygens (including phenoxy) is 3. The average molecular weight is 1990 g/mol. The minimum atomic E-state index is -0.140. The van der Waals surface area contributed by atoms with E-state index < -0.39 is 0 Å². The van der Waals surface area contributed by atoms with Crippen LogP contribution in [0.5, 0.6) is 0 Å². The number of Topliss-reactive ketones (excluding diaryl/α,β-unsaturated/α-hetero) is 1. The smallest absolute Gasteiger partial charge is 0.256 e. The zero-order valence-corrected chi connectivity index (χ0v) is 81.9. The SMILES string of the molecule is CC(C)C(=O)Nc1cncc(-c2cnc3n[nH]c(-c4nc5c(C(=O)N6CCOCC6)cccc5[nH]4)c3c2)c1.CC(C)CC(=O)Nc1cncc(-c2cnc3n[nH]c(-c4nc5c(C(=O)N6CCOCC6)cccc5[nH]4)c3c2)c1.CCC(=O)Cc1ccc(-c2cnc3n[nH]c(-c4nc5c(C(=O)N6CCOCC6)cccc5[nH]4)c3c2)cn1.CCC(=O)Nc1cncc(-c2cnc3n[nH]c(-c4nc5c(C(=O)N(C)C)cccc5[nH]4)c3c2)c1. The molecule has 3 aliphatic heterocycles. The molecule has 0 atom stereocenters. The van der Waals surface area contributed by atoms with Crippen LogP contribution in [0, 0.1) is 11.8 Å². The Kier molecular flexibility index (Phi) is 28.0. The molecule has 3 fully saturated rings. The van der Waals surface area contributed by atoms with Gasteiger partial charge in [0, 0.05) is 185 Å². The summed E-state index contributed by atoms with van der Waals surface area (Å²) in [4.78, 5) is 175. The Balaban J connectivity index is 0.000000120. The monoisotopic (exact) mass is 1980 g/mol. The number of aromatic amines is 8. The summed E-state index contributed by atoms with van der Waals surface area (Å²) in [7, 11) is 3.42. The zero-order chi connectivity index (χ0) is 102. The van der Waals surface area contributed by atoms with Gasteiger partial charge in [-0.15, -0.1) is 0 Å². The molecule has 0 radical (unpaired) electrons. The van der Waals surface area contributed by atoms with E-state index in [4.69, 9.17) is 34.1 Å². The number of fused-ring (bicyclic) bond motifs is 8. The van der Waals surface area contributed by atoms with E-state index in [-0.39, 0.29) is 59.0 Å². The highest BCUT2D eigenvalue weighted by atomic mass is 16.5. The summed E-state index contributed by atoms with van der Waals surface area (Å²) in [5.74, 6) is 2.01. The molecule has 16 aromatic heterocycles. The standard InChI is InChI=1S/C28H28N8O3.C27H26N8O3.C27H25N7O3.C24H22N8O2/c1-16(2)10-23(37)31-19-11-17(13-29-15-19)18-12-21-25(34-35-26(21)30-14-18)27-32-22-5-3-4-20(24(22)33-27)28(38)36-6-8-39-9-7-36;1-15(2)26(36)30-18-10-16(12-28-14-18)17-11-20-23(33-34-24(20)29-13-17)25-31-21-5-3-4-19(22(21)32-25)27(37)35-6-8-38-9-7-35;1-2-19(35)13-18-7-6-16(14-28-18)17-12-21-24(32-33-25(21)29-15-17)26-30-22-5-3-4-20(23(22)31-26)27(36)34-8-10-37-11-9-34;1-4-19(33)27-15-8-13(10-25-12-15)14-9-17-21(30-31-22(17)26-11-14)23-28-18-7-5-6-16(20(18)29-23)24(34)32(2)3/h3-5,11-16H,6-10H2,1-2H3,(H,31,37)(H,32,33)(H,30,34,35);3-5,10-15H,6-9H2,1-2H3,(H,30,36)(H,31,32)(H,29,33,34);3-7,12,14-15H,2,8-11,13H2,1H3,(H,30,31)(H,29,32,33);5-12H,4H2,1-3H3,(H,27,33)(H,28,29)(H,26,30,31). The number of para-hydroxylation sites is 4. The van der Waals surface area contributed by atoms with Crippen LogP contribution in [0.25, 0.3) is 179 Å². The summed E-state index contributed by atoms with van der Waals surface area (Å²) in [6, 6.07) is 39.4. The average Bonchev–Trinajstić information content (AvgIpc) is 1.63. The Morgan fingerprint density at radius 2 is 0.689 bits per heavy atom. The van der Waals surface area contributed by atoms with Crippen molar-refractivity contribution in [3.05, 3.63) is 224 Å². The summed E-state index contributed by atoms with van der Waals surface area (Å²) in [6.45, 7) is 17.9. The first-order valence-electron chi connectivity index (χ1n) is 48.4. The fraction of sp³-hybridized carbons (Fsp3) is 0.245. The summed E-state index contributed by atoms with van der Waals surface area (Å²) in [5.41, 5.74) is 21.6. The number of aromatic nitrogens is 24. The van der Waals surface area contributed by atoms with Crippen molar-refractivity contribution in [2.24, 2.45) is 11.8 Å². The first kappa shape index (κ1) is 97.1. The van der Waals surface area contributed by atoms with Gasteiger partial charge in [0.1, 0.15) is 50.6 Å². The fourth-order valence-corrected chi connectivity index (χ4v) is 17.4. The van der Waals surface area contributed by atoms with E-state index in [1.165, 1.54) is 4.90 Å². The van der Waals surface area contributed by atoms with Crippen molar-refractivity contribution in [3.63, 3.8) is 0 Å². The molecular formula is C106H101N31O11. The quantitative estimate of drug-likeness (QED) is 0.0300. The van der Waals surface area contributed by atoms with Crippen LogP contribution in [-0.4, -0.2) is 280 Å². The number of rotatable bonds is 22. The summed E-state index contributed by atoms with van der Waals surface area (Å²) < 4.78 is 16.2. The maximum absolute atomic E-state index is 13.2. The van der Waals surface area contributed by atoms with Gasteiger partial charge in [0.2, 0.25) is 17.7 Å². The minimum Gasteiger partial charge on any atom is -0.378 e. The van der Waals surface area contributed by atoms with E-state index >= 15 is 0 Å². The van der Waals surface area contributed by atoms with Crippen LogP contribution in [0.4, 0.5) is 17.1 Å². The number of morpholine rings is 3. The molecule has 11 N–H and O–H groups in total. The molecule has 3 saturated heterocycles. The third-order valence-electron chi connectivity index (χ3n) is 25.3. The second-order valence-electron chi connectivity index (χ2n) is 36.5. The molecule has 0 saturated carbocycles. The van der Waals surface area contributed by atoms with Crippen molar-refractivity contribution in [2.75, 3.05) is 109 Å². The topological polar surface area (TPSA) is 546 Å². The molecule has 42 nitrogen and oxygen atoms in total. The van der Waals surface area contributed by atoms with Crippen LogP contribution in [0.3, 0.4) is 0 Å². The molecule has 0 aliphatic carbocycles. The van der Waals surface area contributed by atoms with Crippen LogP contribution in [0.2, 0.25) is 0 Å². The van der Waals surface area contributed by atoms with Gasteiger partial charge in [-0.1, -0.05) is 71.9 Å². The summed E-state index contributed by atoms with van der Waals surface area (Å²) >= 11 is 0. The van der Waals surface area contributed by atoms with Gasteiger partial charge in [-0.3, -0.25) is 78.7 Å².